The van der Waals surface area contributed by atoms with E-state index in [4.69, 9.17) is 37.4 Å². The number of hydrazone groups is 1. The fourth-order valence-corrected chi connectivity index (χ4v) is 3.86. The van der Waals surface area contributed by atoms with Gasteiger partial charge in [-0.3, -0.25) is 4.79 Å². The van der Waals surface area contributed by atoms with Crippen LogP contribution in [-0.2, 0) is 6.61 Å². The minimum Gasteiger partial charge on any atom is -0.497 e. The molecule has 172 valence electrons. The molecule has 6 nitrogen and oxygen atoms in total. The second-order valence-corrected chi connectivity index (χ2v) is 8.41. The van der Waals surface area contributed by atoms with Crippen molar-refractivity contribution in [3.8, 4) is 17.2 Å². The lowest BCUT2D eigenvalue weighted by Crippen LogP contribution is -2.17. The van der Waals surface area contributed by atoms with Gasteiger partial charge in [0.2, 0.25) is 0 Å². The highest BCUT2D eigenvalue weighted by molar-refractivity contribution is 9.10. The topological polar surface area (TPSA) is 69.2 Å². The van der Waals surface area contributed by atoms with Gasteiger partial charge in [0.1, 0.15) is 12.4 Å². The van der Waals surface area contributed by atoms with Crippen LogP contribution in [0.25, 0.3) is 0 Å². The number of hydrogen-bond donors (Lipinski definition) is 1. The van der Waals surface area contributed by atoms with E-state index >= 15 is 0 Å². The van der Waals surface area contributed by atoms with Crippen LogP contribution in [0.15, 0.2) is 64.2 Å². The van der Waals surface area contributed by atoms with Gasteiger partial charge < -0.3 is 14.2 Å². The lowest BCUT2D eigenvalue weighted by Gasteiger charge is -2.15. The molecule has 1 N–H and O–H groups in total. The molecule has 3 aromatic carbocycles. The lowest BCUT2D eigenvalue weighted by atomic mass is 10.2. The predicted octanol–water partition coefficient (Wildman–Crippen LogP) is 6.51. The molecule has 0 aliphatic carbocycles. The summed E-state index contributed by atoms with van der Waals surface area (Å²) in [5, 5.41) is 5.12. The smallest absolute Gasteiger partial charge is 0.271 e. The third-order valence-corrected chi connectivity index (χ3v) is 5.63. The molecule has 0 saturated carbocycles. The Bertz CT molecular complexity index is 1150. The molecule has 3 rings (SSSR count). The summed E-state index contributed by atoms with van der Waals surface area (Å²) in [6.45, 7) is 2.56. The van der Waals surface area contributed by atoms with E-state index < -0.39 is 0 Å². The van der Waals surface area contributed by atoms with Crippen molar-refractivity contribution in [2.75, 3.05) is 13.7 Å². The third-order valence-electron chi connectivity index (χ3n) is 4.45. The first kappa shape index (κ1) is 24.9. The number of methoxy groups -OCH3 is 1. The predicted molar refractivity (Wildman–Crippen MR) is 134 cm³/mol. The van der Waals surface area contributed by atoms with E-state index in [0.29, 0.717) is 49.5 Å². The molecule has 33 heavy (non-hydrogen) atoms. The molecule has 0 fully saturated rings. The van der Waals surface area contributed by atoms with Crippen molar-refractivity contribution in [3.05, 3.63) is 85.8 Å². The van der Waals surface area contributed by atoms with Crippen LogP contribution < -0.4 is 19.6 Å². The Morgan fingerprint density at radius 1 is 1.09 bits per heavy atom. The molecule has 0 bridgehead atoms. The molecule has 0 saturated heterocycles. The summed E-state index contributed by atoms with van der Waals surface area (Å²) >= 11 is 15.7. The number of hydrogen-bond acceptors (Lipinski definition) is 5. The minimum atomic E-state index is -0.335. The number of benzene rings is 3. The van der Waals surface area contributed by atoms with Crippen molar-refractivity contribution < 1.29 is 19.0 Å². The zero-order valence-electron chi connectivity index (χ0n) is 17.9. The summed E-state index contributed by atoms with van der Waals surface area (Å²) < 4.78 is 17.5. The van der Waals surface area contributed by atoms with Crippen molar-refractivity contribution in [1.29, 1.82) is 0 Å². The van der Waals surface area contributed by atoms with E-state index in [1.54, 1.807) is 49.6 Å². The molecule has 0 aromatic heterocycles. The van der Waals surface area contributed by atoms with Crippen molar-refractivity contribution in [1.82, 2.24) is 5.43 Å². The molecule has 1 amide bonds. The lowest BCUT2D eigenvalue weighted by molar-refractivity contribution is 0.0955. The second kappa shape index (κ2) is 11.9. The minimum absolute atomic E-state index is 0.236. The number of amides is 1. The Labute approximate surface area is 210 Å². The van der Waals surface area contributed by atoms with Gasteiger partial charge in [-0.25, -0.2) is 5.43 Å². The Morgan fingerprint density at radius 3 is 2.52 bits per heavy atom. The first-order chi connectivity index (χ1) is 15.9. The zero-order chi connectivity index (χ0) is 23.8. The SMILES string of the molecule is CCOc1cc(/C=N/NC(=O)c2ccc(OC)cc2)cc(Br)c1OCc1ccc(Cl)cc1Cl. The fourth-order valence-electron chi connectivity index (χ4n) is 2.83. The maximum absolute atomic E-state index is 12.3. The van der Waals surface area contributed by atoms with E-state index in [0.717, 1.165) is 5.56 Å². The maximum atomic E-state index is 12.3. The number of carbonyl (C=O) groups excluding carboxylic acids is 1. The Kier molecular flexibility index (Phi) is 9.00. The molecular formula is C24H21BrCl2N2O4. The molecule has 0 unspecified atom stereocenters. The largest absolute Gasteiger partial charge is 0.497 e. The average molecular weight is 552 g/mol. The standard InChI is InChI=1S/C24H21BrCl2N2O4/c1-3-32-22-11-15(13-28-29-24(30)16-5-8-19(31-2)9-6-16)10-20(25)23(22)33-14-17-4-7-18(26)12-21(17)27/h4-13H,3,14H2,1-2H3,(H,29,30)/b28-13+. The van der Waals surface area contributed by atoms with Crippen LogP contribution in [0.5, 0.6) is 17.2 Å². The second-order valence-electron chi connectivity index (χ2n) is 6.72. The number of rotatable bonds is 9. The van der Waals surface area contributed by atoms with Crippen LogP contribution >= 0.6 is 39.1 Å². The van der Waals surface area contributed by atoms with Gasteiger partial charge in [-0.1, -0.05) is 29.3 Å². The zero-order valence-corrected chi connectivity index (χ0v) is 21.0. The summed E-state index contributed by atoms with van der Waals surface area (Å²) in [4.78, 5) is 12.3. The summed E-state index contributed by atoms with van der Waals surface area (Å²) in [6, 6.07) is 15.6. The van der Waals surface area contributed by atoms with Crippen LogP contribution in [0.1, 0.15) is 28.4 Å². The molecule has 0 radical (unpaired) electrons. The van der Waals surface area contributed by atoms with Gasteiger partial charge in [-0.2, -0.15) is 5.10 Å². The molecule has 9 heteroatoms. The molecule has 0 aliphatic heterocycles. The molecule has 0 heterocycles. The van der Waals surface area contributed by atoms with Crippen molar-refractivity contribution in [2.24, 2.45) is 5.10 Å². The fraction of sp³-hybridized carbons (Fsp3) is 0.167. The van der Waals surface area contributed by atoms with Gasteiger partial charge >= 0.3 is 0 Å². The highest BCUT2D eigenvalue weighted by Crippen LogP contribution is 2.37. The van der Waals surface area contributed by atoms with Crippen LogP contribution in [0.3, 0.4) is 0 Å². The van der Waals surface area contributed by atoms with Gasteiger partial charge in [-0.05, 0) is 76.9 Å². The summed E-state index contributed by atoms with van der Waals surface area (Å²) in [5.74, 6) is 1.39. The van der Waals surface area contributed by atoms with Crippen LogP contribution in [0.4, 0.5) is 0 Å². The van der Waals surface area contributed by atoms with Crippen molar-refractivity contribution in [2.45, 2.75) is 13.5 Å². The van der Waals surface area contributed by atoms with E-state index in [1.165, 1.54) is 6.21 Å². The molecular weight excluding hydrogens is 531 g/mol. The van der Waals surface area contributed by atoms with Crippen molar-refractivity contribution >= 4 is 51.3 Å². The Hall–Kier alpha value is -2.74. The number of ether oxygens (including phenoxy) is 3. The van der Waals surface area contributed by atoms with E-state index in [9.17, 15) is 4.79 Å². The monoisotopic (exact) mass is 550 g/mol. The first-order valence-electron chi connectivity index (χ1n) is 9.91. The summed E-state index contributed by atoms with van der Waals surface area (Å²) in [7, 11) is 1.57. The molecule has 0 spiro atoms. The van der Waals surface area contributed by atoms with Gasteiger partial charge in [0.05, 0.1) is 24.4 Å². The highest BCUT2D eigenvalue weighted by atomic mass is 79.9. The van der Waals surface area contributed by atoms with Crippen LogP contribution in [0, 0.1) is 0 Å². The molecule has 3 aromatic rings. The van der Waals surface area contributed by atoms with E-state index in [2.05, 4.69) is 26.5 Å². The highest BCUT2D eigenvalue weighted by Gasteiger charge is 2.13. The molecule has 0 aliphatic rings. The first-order valence-corrected chi connectivity index (χ1v) is 11.5. The summed E-state index contributed by atoms with van der Waals surface area (Å²) in [5.41, 5.74) is 4.47. The number of carbonyl (C=O) groups is 1. The normalized spacial score (nSPS) is 10.8. The van der Waals surface area contributed by atoms with Gasteiger partial charge in [0.25, 0.3) is 5.91 Å². The molecule has 0 atom stereocenters. The summed E-state index contributed by atoms with van der Waals surface area (Å²) in [6.07, 6.45) is 1.52. The quantitative estimate of drug-likeness (QED) is 0.243. The maximum Gasteiger partial charge on any atom is 0.271 e. The third kappa shape index (κ3) is 6.87. The van der Waals surface area contributed by atoms with Crippen LogP contribution in [-0.4, -0.2) is 25.8 Å². The Morgan fingerprint density at radius 2 is 1.85 bits per heavy atom. The average Bonchev–Trinajstić information content (AvgIpc) is 2.80. The van der Waals surface area contributed by atoms with E-state index in [1.807, 2.05) is 19.1 Å². The van der Waals surface area contributed by atoms with Crippen LogP contribution in [0.2, 0.25) is 10.0 Å². The van der Waals surface area contributed by atoms with E-state index in [-0.39, 0.29) is 12.5 Å². The van der Waals surface area contributed by atoms with Crippen molar-refractivity contribution in [3.63, 3.8) is 0 Å². The Balaban J connectivity index is 1.71. The van der Waals surface area contributed by atoms with Gasteiger partial charge in [0.15, 0.2) is 11.5 Å². The number of nitrogens with one attached hydrogen (secondary N) is 1. The number of nitrogens with zero attached hydrogens (tertiary/aromatic N) is 1. The van der Waals surface area contributed by atoms with Gasteiger partial charge in [-0.15, -0.1) is 0 Å². The number of halogens is 3. The van der Waals surface area contributed by atoms with Gasteiger partial charge in [0, 0.05) is 21.2 Å².